The van der Waals surface area contributed by atoms with Crippen molar-refractivity contribution in [3.05, 3.63) is 53.1 Å². The van der Waals surface area contributed by atoms with E-state index in [2.05, 4.69) is 17.0 Å². The minimum atomic E-state index is 0.168. The van der Waals surface area contributed by atoms with Crippen molar-refractivity contribution >= 4 is 5.91 Å². The van der Waals surface area contributed by atoms with Crippen LogP contribution in [0.4, 0.5) is 0 Å². The van der Waals surface area contributed by atoms with E-state index in [4.69, 9.17) is 14.7 Å². The fourth-order valence-electron chi connectivity index (χ4n) is 4.16. The monoisotopic (exact) mass is 380 g/mol. The molecular weight excluding hydrogens is 352 g/mol. The van der Waals surface area contributed by atoms with Gasteiger partial charge in [0.1, 0.15) is 11.6 Å². The molecule has 0 bridgehead atoms. The molecule has 2 aliphatic heterocycles. The molecule has 6 heteroatoms. The van der Waals surface area contributed by atoms with E-state index >= 15 is 0 Å². The van der Waals surface area contributed by atoms with E-state index in [1.165, 1.54) is 16.8 Å². The summed E-state index contributed by atoms with van der Waals surface area (Å²) in [6.07, 6.45) is 4.91. The van der Waals surface area contributed by atoms with Gasteiger partial charge in [-0.2, -0.15) is 0 Å². The standard InChI is InChI=1S/C22H28N4O2/c1-16(27)26-11-7-18(8-12-26)22-23-13-19-15-25(10-9-21(19)24-22)14-17-3-5-20(28-2)6-4-17/h3-6,13,18H,7-12,14-15H2,1-2H3. The average Bonchev–Trinajstić information content (AvgIpc) is 2.74. The van der Waals surface area contributed by atoms with E-state index in [0.29, 0.717) is 5.92 Å². The maximum absolute atomic E-state index is 11.5. The van der Waals surface area contributed by atoms with Gasteiger partial charge >= 0.3 is 0 Å². The van der Waals surface area contributed by atoms with Crippen molar-refractivity contribution in [2.75, 3.05) is 26.7 Å². The van der Waals surface area contributed by atoms with Gasteiger partial charge in [0.15, 0.2) is 0 Å². The summed E-state index contributed by atoms with van der Waals surface area (Å²) < 4.78 is 5.23. The number of aromatic nitrogens is 2. The fraction of sp³-hybridized carbons (Fsp3) is 0.500. The zero-order chi connectivity index (χ0) is 19.5. The van der Waals surface area contributed by atoms with Crippen LogP contribution in [0, 0.1) is 0 Å². The molecule has 1 amide bonds. The molecule has 6 nitrogen and oxygen atoms in total. The quantitative estimate of drug-likeness (QED) is 0.816. The first-order chi connectivity index (χ1) is 13.6. The molecule has 148 valence electrons. The van der Waals surface area contributed by atoms with E-state index in [9.17, 15) is 4.79 Å². The number of ether oxygens (including phenoxy) is 1. The lowest BCUT2D eigenvalue weighted by atomic mass is 9.95. The molecule has 4 rings (SSSR count). The number of hydrogen-bond acceptors (Lipinski definition) is 5. The highest BCUT2D eigenvalue weighted by molar-refractivity contribution is 5.73. The van der Waals surface area contributed by atoms with Gasteiger partial charge in [0.25, 0.3) is 0 Å². The van der Waals surface area contributed by atoms with Crippen LogP contribution in [0.1, 0.15) is 48.3 Å². The largest absolute Gasteiger partial charge is 0.497 e. The zero-order valence-corrected chi connectivity index (χ0v) is 16.7. The van der Waals surface area contributed by atoms with Gasteiger partial charge in [-0.3, -0.25) is 9.69 Å². The van der Waals surface area contributed by atoms with Crippen molar-refractivity contribution in [3.8, 4) is 5.75 Å². The molecule has 1 fully saturated rings. The van der Waals surface area contributed by atoms with Crippen LogP contribution < -0.4 is 4.74 Å². The lowest BCUT2D eigenvalue weighted by molar-refractivity contribution is -0.129. The third-order valence-corrected chi connectivity index (χ3v) is 5.90. The Labute approximate surface area is 166 Å². The van der Waals surface area contributed by atoms with Crippen LogP contribution >= 0.6 is 0 Å². The van der Waals surface area contributed by atoms with Gasteiger partial charge in [-0.1, -0.05) is 12.1 Å². The first kappa shape index (κ1) is 18.9. The lowest BCUT2D eigenvalue weighted by Gasteiger charge is -2.32. The molecule has 0 radical (unpaired) electrons. The molecule has 28 heavy (non-hydrogen) atoms. The Hall–Kier alpha value is -2.47. The number of benzene rings is 1. The van der Waals surface area contributed by atoms with Gasteiger partial charge in [0.2, 0.25) is 5.91 Å². The second-order valence-corrected chi connectivity index (χ2v) is 7.79. The summed E-state index contributed by atoms with van der Waals surface area (Å²) in [5, 5.41) is 0. The maximum atomic E-state index is 11.5. The third-order valence-electron chi connectivity index (χ3n) is 5.90. The molecule has 2 aliphatic rings. The van der Waals surface area contributed by atoms with Crippen LogP contribution in [0.2, 0.25) is 0 Å². The van der Waals surface area contributed by atoms with Crippen molar-refractivity contribution in [2.24, 2.45) is 0 Å². The second kappa shape index (κ2) is 8.27. The molecule has 0 saturated carbocycles. The number of nitrogens with zero attached hydrogens (tertiary/aromatic N) is 4. The van der Waals surface area contributed by atoms with Crippen LogP contribution in [0.5, 0.6) is 5.75 Å². The summed E-state index contributed by atoms with van der Waals surface area (Å²) in [7, 11) is 1.69. The first-order valence-electron chi connectivity index (χ1n) is 10.1. The minimum absolute atomic E-state index is 0.168. The lowest BCUT2D eigenvalue weighted by Crippen LogP contribution is -2.37. The Morgan fingerprint density at radius 1 is 1.18 bits per heavy atom. The minimum Gasteiger partial charge on any atom is -0.497 e. The first-order valence-corrected chi connectivity index (χ1v) is 10.1. The summed E-state index contributed by atoms with van der Waals surface area (Å²) in [6.45, 7) is 6.11. The average molecular weight is 380 g/mol. The highest BCUT2D eigenvalue weighted by atomic mass is 16.5. The number of carbonyl (C=O) groups excluding carboxylic acids is 1. The predicted octanol–water partition coefficient (Wildman–Crippen LogP) is 2.77. The van der Waals surface area contributed by atoms with E-state index in [1.54, 1.807) is 14.0 Å². The molecule has 0 aliphatic carbocycles. The van der Waals surface area contributed by atoms with E-state index in [1.807, 2.05) is 23.2 Å². The molecule has 3 heterocycles. The van der Waals surface area contributed by atoms with E-state index in [-0.39, 0.29) is 5.91 Å². The van der Waals surface area contributed by atoms with Crippen LogP contribution in [-0.2, 0) is 24.3 Å². The summed E-state index contributed by atoms with van der Waals surface area (Å²) in [5.74, 6) is 2.40. The van der Waals surface area contributed by atoms with Crippen molar-refractivity contribution in [1.82, 2.24) is 19.8 Å². The number of methoxy groups -OCH3 is 1. The summed E-state index contributed by atoms with van der Waals surface area (Å²) >= 11 is 0. The molecular formula is C22H28N4O2. The van der Waals surface area contributed by atoms with Crippen LogP contribution in [0.3, 0.4) is 0 Å². The molecule has 0 atom stereocenters. The SMILES string of the molecule is COc1ccc(CN2CCc3nc(C4CCN(C(C)=O)CC4)ncc3C2)cc1. The highest BCUT2D eigenvalue weighted by Crippen LogP contribution is 2.27. The molecule has 1 aromatic carbocycles. The number of piperidine rings is 1. The Morgan fingerprint density at radius 3 is 2.61 bits per heavy atom. The number of carbonyl (C=O) groups is 1. The molecule has 0 N–H and O–H groups in total. The van der Waals surface area contributed by atoms with Crippen molar-refractivity contribution in [3.63, 3.8) is 0 Å². The van der Waals surface area contributed by atoms with E-state index in [0.717, 1.165) is 63.6 Å². The Bertz CT molecular complexity index is 829. The zero-order valence-electron chi connectivity index (χ0n) is 16.7. The highest BCUT2D eigenvalue weighted by Gasteiger charge is 2.25. The van der Waals surface area contributed by atoms with E-state index < -0.39 is 0 Å². The van der Waals surface area contributed by atoms with Crippen molar-refractivity contribution < 1.29 is 9.53 Å². The predicted molar refractivity (Wildman–Crippen MR) is 107 cm³/mol. The normalized spacial score (nSPS) is 18.0. The third kappa shape index (κ3) is 4.17. The summed E-state index contributed by atoms with van der Waals surface area (Å²) in [6, 6.07) is 8.28. The number of rotatable bonds is 4. The van der Waals surface area contributed by atoms with Crippen LogP contribution in [0.25, 0.3) is 0 Å². The van der Waals surface area contributed by atoms with Gasteiger partial charge < -0.3 is 9.64 Å². The van der Waals surface area contributed by atoms with Gasteiger partial charge in [0.05, 0.1) is 7.11 Å². The van der Waals surface area contributed by atoms with Gasteiger partial charge in [0, 0.05) is 69.4 Å². The van der Waals surface area contributed by atoms with Gasteiger partial charge in [-0.25, -0.2) is 9.97 Å². The number of hydrogen-bond donors (Lipinski definition) is 0. The number of fused-ring (bicyclic) bond motifs is 1. The number of likely N-dealkylation sites (tertiary alicyclic amines) is 1. The van der Waals surface area contributed by atoms with Crippen molar-refractivity contribution in [2.45, 2.75) is 45.2 Å². The number of amides is 1. The fourth-order valence-corrected chi connectivity index (χ4v) is 4.16. The Balaban J connectivity index is 1.38. The molecule has 2 aromatic rings. The Kier molecular flexibility index (Phi) is 5.57. The van der Waals surface area contributed by atoms with Gasteiger partial charge in [-0.15, -0.1) is 0 Å². The molecule has 0 unspecified atom stereocenters. The van der Waals surface area contributed by atoms with Crippen molar-refractivity contribution in [1.29, 1.82) is 0 Å². The summed E-state index contributed by atoms with van der Waals surface area (Å²) in [5.41, 5.74) is 3.73. The molecule has 1 aromatic heterocycles. The topological polar surface area (TPSA) is 58.6 Å². The van der Waals surface area contributed by atoms with Crippen LogP contribution in [0.15, 0.2) is 30.5 Å². The van der Waals surface area contributed by atoms with Gasteiger partial charge in [-0.05, 0) is 30.5 Å². The maximum Gasteiger partial charge on any atom is 0.219 e. The molecule has 0 spiro atoms. The summed E-state index contributed by atoms with van der Waals surface area (Å²) in [4.78, 5) is 25.5. The smallest absolute Gasteiger partial charge is 0.219 e. The Morgan fingerprint density at radius 2 is 1.93 bits per heavy atom. The second-order valence-electron chi connectivity index (χ2n) is 7.79. The van der Waals surface area contributed by atoms with Crippen LogP contribution in [-0.4, -0.2) is 52.4 Å². The molecule has 1 saturated heterocycles.